The van der Waals surface area contributed by atoms with Crippen LogP contribution >= 0.6 is 0 Å². The Bertz CT molecular complexity index is 676. The molecule has 0 spiro atoms. The van der Waals surface area contributed by atoms with Gasteiger partial charge in [0.1, 0.15) is 12.1 Å². The predicted octanol–water partition coefficient (Wildman–Crippen LogP) is -1.48. The number of carboxylic acids is 1. The van der Waals surface area contributed by atoms with E-state index in [9.17, 15) is 19.2 Å². The third-order valence-corrected chi connectivity index (χ3v) is 3.85. The number of hydrogen-bond donors (Lipinski definition) is 6. The predicted molar refractivity (Wildman–Crippen MR) is 99.9 cm³/mol. The molecule has 0 aliphatic carbocycles. The lowest BCUT2D eigenvalue weighted by Crippen LogP contribution is -2.54. The van der Waals surface area contributed by atoms with Crippen LogP contribution in [0.25, 0.3) is 0 Å². The zero-order chi connectivity index (χ0) is 21.3. The molecule has 1 aromatic rings. The number of nitrogens with two attached hydrogens (primary N) is 1. The highest BCUT2D eigenvalue weighted by Gasteiger charge is 2.25. The molecule has 1 heterocycles. The Labute approximate surface area is 162 Å². The maximum absolute atomic E-state index is 12.5. The molecule has 3 atom stereocenters. The number of carbonyl (C=O) groups is 4. The second kappa shape index (κ2) is 11.0. The Morgan fingerprint density at radius 1 is 1.18 bits per heavy atom. The van der Waals surface area contributed by atoms with E-state index in [2.05, 4.69) is 25.9 Å². The van der Waals surface area contributed by atoms with Crippen molar-refractivity contribution < 1.29 is 24.3 Å². The Kier molecular flexibility index (Phi) is 9.09. The molecule has 0 radical (unpaired) electrons. The largest absolute Gasteiger partial charge is 0.480 e. The molecule has 0 bridgehead atoms. The van der Waals surface area contributed by atoms with E-state index in [0.717, 1.165) is 0 Å². The van der Waals surface area contributed by atoms with Crippen LogP contribution in [0.5, 0.6) is 0 Å². The highest BCUT2D eigenvalue weighted by Crippen LogP contribution is 2.04. The van der Waals surface area contributed by atoms with Crippen molar-refractivity contribution in [2.45, 2.75) is 51.7 Å². The van der Waals surface area contributed by atoms with Crippen molar-refractivity contribution in [3.8, 4) is 0 Å². The van der Waals surface area contributed by atoms with Crippen LogP contribution in [0.1, 0.15) is 32.9 Å². The van der Waals surface area contributed by atoms with Gasteiger partial charge in [0.2, 0.25) is 17.7 Å². The third-order valence-electron chi connectivity index (χ3n) is 3.85. The lowest BCUT2D eigenvalue weighted by atomic mass is 10.0. The molecular formula is C17H28N6O5. The summed E-state index contributed by atoms with van der Waals surface area (Å²) in [4.78, 5) is 54.0. The van der Waals surface area contributed by atoms with Crippen molar-refractivity contribution in [1.82, 2.24) is 25.9 Å². The first-order valence-electron chi connectivity index (χ1n) is 8.93. The zero-order valence-electron chi connectivity index (χ0n) is 16.2. The number of aliphatic carboxylic acids is 1. The first-order valence-corrected chi connectivity index (χ1v) is 8.93. The summed E-state index contributed by atoms with van der Waals surface area (Å²) in [5, 5.41) is 16.0. The van der Waals surface area contributed by atoms with Crippen LogP contribution in [-0.4, -0.2) is 63.4 Å². The topological polar surface area (TPSA) is 179 Å². The SMILES string of the molecule is CC(C)CC(N)C(=O)NC(Cc1cnc[nH]1)C(=O)NCC(=O)NC(C)C(=O)O. The fourth-order valence-electron chi connectivity index (χ4n) is 2.36. The highest BCUT2D eigenvalue weighted by atomic mass is 16.4. The molecule has 11 nitrogen and oxygen atoms in total. The number of nitrogens with zero attached hydrogens (tertiary/aromatic N) is 1. The monoisotopic (exact) mass is 396 g/mol. The number of aromatic nitrogens is 2. The summed E-state index contributed by atoms with van der Waals surface area (Å²) < 4.78 is 0. The number of carbonyl (C=O) groups excluding carboxylic acids is 3. The first-order chi connectivity index (χ1) is 13.1. The van der Waals surface area contributed by atoms with Gasteiger partial charge in [0.15, 0.2) is 0 Å². The fraction of sp³-hybridized carbons (Fsp3) is 0.588. The van der Waals surface area contributed by atoms with Gasteiger partial charge in [0.25, 0.3) is 0 Å². The van der Waals surface area contributed by atoms with Crippen molar-refractivity contribution in [3.05, 3.63) is 18.2 Å². The lowest BCUT2D eigenvalue weighted by Gasteiger charge is -2.21. The summed E-state index contributed by atoms with van der Waals surface area (Å²) in [5.74, 6) is -2.72. The number of nitrogens with one attached hydrogen (secondary N) is 4. The van der Waals surface area contributed by atoms with E-state index >= 15 is 0 Å². The second-order valence-corrected chi connectivity index (χ2v) is 6.92. The number of amides is 3. The second-order valence-electron chi connectivity index (χ2n) is 6.92. The van der Waals surface area contributed by atoms with E-state index in [1.165, 1.54) is 19.4 Å². The molecule has 28 heavy (non-hydrogen) atoms. The molecule has 0 fully saturated rings. The van der Waals surface area contributed by atoms with Crippen molar-refractivity contribution in [3.63, 3.8) is 0 Å². The fourth-order valence-corrected chi connectivity index (χ4v) is 2.36. The van der Waals surface area contributed by atoms with Crippen LogP contribution in [0.15, 0.2) is 12.5 Å². The average Bonchev–Trinajstić information content (AvgIpc) is 3.11. The van der Waals surface area contributed by atoms with Crippen LogP contribution in [0.2, 0.25) is 0 Å². The molecule has 0 saturated carbocycles. The van der Waals surface area contributed by atoms with E-state index in [0.29, 0.717) is 12.1 Å². The van der Waals surface area contributed by atoms with E-state index < -0.39 is 48.4 Å². The molecule has 156 valence electrons. The minimum Gasteiger partial charge on any atom is -0.480 e. The van der Waals surface area contributed by atoms with Crippen LogP contribution in [-0.2, 0) is 25.6 Å². The molecular weight excluding hydrogens is 368 g/mol. The van der Waals surface area contributed by atoms with Crippen molar-refractivity contribution in [2.75, 3.05) is 6.54 Å². The van der Waals surface area contributed by atoms with Gasteiger partial charge in [-0.25, -0.2) is 4.98 Å². The number of imidazole rings is 1. The van der Waals surface area contributed by atoms with Gasteiger partial charge in [-0.3, -0.25) is 19.2 Å². The van der Waals surface area contributed by atoms with Gasteiger partial charge in [0, 0.05) is 18.3 Å². The molecule has 1 aromatic heterocycles. The number of carboxylic acid groups (broad SMARTS) is 1. The molecule has 0 aliphatic heterocycles. The summed E-state index contributed by atoms with van der Waals surface area (Å²) >= 11 is 0. The summed E-state index contributed by atoms with van der Waals surface area (Å²) in [6, 6.07) is -2.83. The molecule has 0 aromatic carbocycles. The van der Waals surface area contributed by atoms with E-state index in [1.54, 1.807) is 0 Å². The van der Waals surface area contributed by atoms with Gasteiger partial charge < -0.3 is 31.8 Å². The lowest BCUT2D eigenvalue weighted by molar-refractivity contribution is -0.141. The minimum absolute atomic E-state index is 0.124. The van der Waals surface area contributed by atoms with Gasteiger partial charge in [-0.15, -0.1) is 0 Å². The van der Waals surface area contributed by atoms with Crippen molar-refractivity contribution >= 4 is 23.7 Å². The molecule has 3 amide bonds. The standard InChI is InChI=1S/C17H28N6O5/c1-9(2)4-12(18)15(25)23-13(5-11-6-19-8-21-11)16(26)20-7-14(24)22-10(3)17(27)28/h6,8-10,12-13H,4-5,7,18H2,1-3H3,(H,19,21)(H,20,26)(H,22,24)(H,23,25)(H,27,28). The molecule has 0 saturated heterocycles. The van der Waals surface area contributed by atoms with E-state index in [4.69, 9.17) is 10.8 Å². The molecule has 0 aliphatic rings. The number of H-pyrrole nitrogens is 1. The van der Waals surface area contributed by atoms with Gasteiger partial charge >= 0.3 is 5.97 Å². The Morgan fingerprint density at radius 2 is 1.86 bits per heavy atom. The van der Waals surface area contributed by atoms with E-state index in [1.807, 2.05) is 13.8 Å². The average molecular weight is 396 g/mol. The summed E-state index contributed by atoms with van der Waals surface area (Å²) in [5.41, 5.74) is 6.47. The van der Waals surface area contributed by atoms with Crippen molar-refractivity contribution in [1.29, 1.82) is 0 Å². The van der Waals surface area contributed by atoms with Crippen molar-refractivity contribution in [2.24, 2.45) is 11.7 Å². The number of rotatable bonds is 11. The normalized spacial score (nSPS) is 14.0. The maximum Gasteiger partial charge on any atom is 0.325 e. The van der Waals surface area contributed by atoms with Gasteiger partial charge in [-0.1, -0.05) is 13.8 Å². The maximum atomic E-state index is 12.5. The Balaban J connectivity index is 2.70. The van der Waals surface area contributed by atoms with Gasteiger partial charge in [-0.05, 0) is 19.3 Å². The molecule has 7 N–H and O–H groups in total. The van der Waals surface area contributed by atoms with Gasteiger partial charge in [0.05, 0.1) is 18.9 Å². The molecule has 11 heteroatoms. The smallest absolute Gasteiger partial charge is 0.325 e. The summed E-state index contributed by atoms with van der Waals surface area (Å²) in [6.45, 7) is 4.74. The van der Waals surface area contributed by atoms with E-state index in [-0.39, 0.29) is 12.3 Å². The van der Waals surface area contributed by atoms with Crippen LogP contribution < -0.4 is 21.7 Å². The minimum atomic E-state index is -1.19. The summed E-state index contributed by atoms with van der Waals surface area (Å²) in [7, 11) is 0. The quantitative estimate of drug-likeness (QED) is 0.264. The van der Waals surface area contributed by atoms with Crippen LogP contribution in [0.4, 0.5) is 0 Å². The summed E-state index contributed by atoms with van der Waals surface area (Å²) in [6.07, 6.45) is 3.54. The highest BCUT2D eigenvalue weighted by molar-refractivity contribution is 5.92. The third kappa shape index (κ3) is 8.16. The van der Waals surface area contributed by atoms with Crippen LogP contribution in [0.3, 0.4) is 0 Å². The number of aromatic amines is 1. The van der Waals surface area contributed by atoms with Gasteiger partial charge in [-0.2, -0.15) is 0 Å². The first kappa shape index (κ1) is 23.1. The zero-order valence-corrected chi connectivity index (χ0v) is 16.2. The van der Waals surface area contributed by atoms with Crippen LogP contribution in [0, 0.1) is 5.92 Å². The molecule has 3 unspecified atom stereocenters. The Hall–Kier alpha value is -2.95. The Morgan fingerprint density at radius 3 is 2.39 bits per heavy atom. The molecule has 1 rings (SSSR count). The number of hydrogen-bond acceptors (Lipinski definition) is 6.